The van der Waals surface area contributed by atoms with Gasteiger partial charge in [0.1, 0.15) is 5.82 Å². The number of carbonyl (C=O) groups excluding carboxylic acids is 1. The highest BCUT2D eigenvalue weighted by Gasteiger charge is 2.23. The van der Waals surface area contributed by atoms with E-state index < -0.39 is 0 Å². The third-order valence-corrected chi connectivity index (χ3v) is 4.65. The molecule has 5 nitrogen and oxygen atoms in total. The van der Waals surface area contributed by atoms with Gasteiger partial charge in [0, 0.05) is 19.6 Å². The Bertz CT molecular complexity index is 736. The van der Waals surface area contributed by atoms with Gasteiger partial charge in [-0.25, -0.2) is 9.18 Å². The minimum absolute atomic E-state index is 0.0588. The predicted octanol–water partition coefficient (Wildman–Crippen LogP) is 3.67. The number of halogens is 2. The molecule has 0 bridgehead atoms. The number of benzene rings is 2. The highest BCUT2D eigenvalue weighted by atomic mass is 35.5. The van der Waals surface area contributed by atoms with Crippen molar-refractivity contribution in [3.05, 3.63) is 64.9 Å². The van der Waals surface area contributed by atoms with Crippen LogP contribution >= 0.6 is 11.6 Å². The second kappa shape index (κ2) is 8.98. The molecule has 26 heavy (non-hydrogen) atoms. The van der Waals surface area contributed by atoms with Crippen molar-refractivity contribution in [1.29, 1.82) is 0 Å². The molecule has 0 aromatic heterocycles. The Morgan fingerprint density at radius 2 is 1.85 bits per heavy atom. The molecule has 1 aliphatic heterocycles. The van der Waals surface area contributed by atoms with Gasteiger partial charge in [-0.05, 0) is 29.8 Å². The van der Waals surface area contributed by atoms with E-state index in [1.165, 1.54) is 12.1 Å². The van der Waals surface area contributed by atoms with Gasteiger partial charge in [-0.3, -0.25) is 4.90 Å². The zero-order valence-electron chi connectivity index (χ0n) is 14.3. The lowest BCUT2D eigenvalue weighted by molar-refractivity contribution is 0.0167. The number of nitrogens with zero attached hydrogens (tertiary/aromatic N) is 1. The fraction of sp³-hybridized carbons (Fsp3) is 0.316. The molecule has 2 amide bonds. The summed E-state index contributed by atoms with van der Waals surface area (Å²) in [6, 6.07) is 13.0. The number of amides is 2. The molecule has 1 unspecified atom stereocenters. The van der Waals surface area contributed by atoms with Crippen LogP contribution in [0.25, 0.3) is 0 Å². The second-order valence-electron chi connectivity index (χ2n) is 6.03. The number of morpholine rings is 1. The molecule has 0 aliphatic carbocycles. The molecule has 2 N–H and O–H groups in total. The molecule has 7 heteroatoms. The zero-order valence-corrected chi connectivity index (χ0v) is 15.0. The molecule has 2 aromatic carbocycles. The van der Waals surface area contributed by atoms with Gasteiger partial charge in [-0.2, -0.15) is 0 Å². The standard InChI is InChI=1S/C19H21ClFN3O2/c20-16-3-1-2-4-17(16)23-19(25)22-13-18(24-9-11-26-12-10-24)14-5-7-15(21)8-6-14/h1-8,18H,9-13H2,(H2,22,23,25). The first-order valence-electron chi connectivity index (χ1n) is 8.50. The van der Waals surface area contributed by atoms with Crippen molar-refractivity contribution in [2.45, 2.75) is 6.04 Å². The first kappa shape index (κ1) is 18.6. The first-order chi connectivity index (χ1) is 12.6. The molecule has 2 aromatic rings. The smallest absolute Gasteiger partial charge is 0.319 e. The lowest BCUT2D eigenvalue weighted by Gasteiger charge is -2.35. The van der Waals surface area contributed by atoms with E-state index in [9.17, 15) is 9.18 Å². The topological polar surface area (TPSA) is 53.6 Å². The molecule has 0 radical (unpaired) electrons. The number of anilines is 1. The van der Waals surface area contributed by atoms with Crippen molar-refractivity contribution >= 4 is 23.3 Å². The molecule has 0 spiro atoms. The summed E-state index contributed by atoms with van der Waals surface area (Å²) in [7, 11) is 0. The molecule has 138 valence electrons. The summed E-state index contributed by atoms with van der Waals surface area (Å²) in [6.45, 7) is 3.20. The average Bonchev–Trinajstić information content (AvgIpc) is 2.66. The lowest BCUT2D eigenvalue weighted by Crippen LogP contribution is -2.44. The van der Waals surface area contributed by atoms with Crippen molar-refractivity contribution < 1.29 is 13.9 Å². The summed E-state index contributed by atoms with van der Waals surface area (Å²) in [5.41, 5.74) is 1.50. The van der Waals surface area contributed by atoms with Crippen LogP contribution in [0.4, 0.5) is 14.9 Å². The Labute approximate surface area is 157 Å². The monoisotopic (exact) mass is 377 g/mol. The van der Waals surface area contributed by atoms with Crippen LogP contribution in [0.1, 0.15) is 11.6 Å². The molecule has 1 fully saturated rings. The minimum atomic E-state index is -0.335. The van der Waals surface area contributed by atoms with Crippen LogP contribution < -0.4 is 10.6 Å². The van der Waals surface area contributed by atoms with Gasteiger partial charge >= 0.3 is 6.03 Å². The van der Waals surface area contributed by atoms with Crippen molar-refractivity contribution in [1.82, 2.24) is 10.2 Å². The molecule has 3 rings (SSSR count). The van der Waals surface area contributed by atoms with E-state index in [1.54, 1.807) is 36.4 Å². The van der Waals surface area contributed by atoms with E-state index >= 15 is 0 Å². The number of para-hydroxylation sites is 1. The van der Waals surface area contributed by atoms with Crippen LogP contribution in [0, 0.1) is 5.82 Å². The maximum Gasteiger partial charge on any atom is 0.319 e. The zero-order chi connectivity index (χ0) is 18.4. The molecule has 1 atom stereocenters. The Kier molecular flexibility index (Phi) is 6.44. The Hall–Kier alpha value is -2.15. The molecular formula is C19H21ClFN3O2. The fourth-order valence-corrected chi connectivity index (χ4v) is 3.13. The number of ether oxygens (including phenoxy) is 1. The van der Waals surface area contributed by atoms with E-state index in [-0.39, 0.29) is 17.9 Å². The average molecular weight is 378 g/mol. The Morgan fingerprint density at radius 1 is 1.15 bits per heavy atom. The Morgan fingerprint density at radius 3 is 2.54 bits per heavy atom. The molecule has 0 saturated carbocycles. The molecule has 1 saturated heterocycles. The van der Waals surface area contributed by atoms with Gasteiger partial charge in [-0.1, -0.05) is 35.9 Å². The van der Waals surface area contributed by atoms with E-state index in [0.717, 1.165) is 18.7 Å². The van der Waals surface area contributed by atoms with Gasteiger partial charge in [0.2, 0.25) is 0 Å². The minimum Gasteiger partial charge on any atom is -0.379 e. The van der Waals surface area contributed by atoms with E-state index in [4.69, 9.17) is 16.3 Å². The molecule has 1 heterocycles. The summed E-state index contributed by atoms with van der Waals surface area (Å²) < 4.78 is 18.7. The van der Waals surface area contributed by atoms with Gasteiger partial charge in [-0.15, -0.1) is 0 Å². The fourth-order valence-electron chi connectivity index (χ4n) is 2.95. The number of rotatable bonds is 5. The largest absolute Gasteiger partial charge is 0.379 e. The van der Waals surface area contributed by atoms with Crippen LogP contribution in [0.5, 0.6) is 0 Å². The normalized spacial score (nSPS) is 16.1. The Balaban J connectivity index is 1.66. The van der Waals surface area contributed by atoms with Crippen molar-refractivity contribution in [3.8, 4) is 0 Å². The lowest BCUT2D eigenvalue weighted by atomic mass is 10.0. The van der Waals surface area contributed by atoms with Crippen LogP contribution in [-0.4, -0.2) is 43.8 Å². The summed E-state index contributed by atoms with van der Waals surface area (Å²) in [6.07, 6.45) is 0. The van der Waals surface area contributed by atoms with Gasteiger partial charge in [0.15, 0.2) is 0 Å². The highest BCUT2D eigenvalue weighted by molar-refractivity contribution is 6.33. The van der Waals surface area contributed by atoms with E-state index in [1.807, 2.05) is 0 Å². The highest BCUT2D eigenvalue weighted by Crippen LogP contribution is 2.23. The predicted molar refractivity (Wildman–Crippen MR) is 100 cm³/mol. The van der Waals surface area contributed by atoms with Crippen LogP contribution in [0.15, 0.2) is 48.5 Å². The van der Waals surface area contributed by atoms with Crippen molar-refractivity contribution in [3.63, 3.8) is 0 Å². The number of hydrogen-bond acceptors (Lipinski definition) is 3. The molecule has 1 aliphatic rings. The number of carbonyl (C=O) groups is 1. The van der Waals surface area contributed by atoms with Crippen molar-refractivity contribution in [2.75, 3.05) is 38.2 Å². The summed E-state index contributed by atoms with van der Waals surface area (Å²) in [5.74, 6) is -0.279. The first-order valence-corrected chi connectivity index (χ1v) is 8.88. The summed E-state index contributed by atoms with van der Waals surface area (Å²) in [5, 5.41) is 6.11. The van der Waals surface area contributed by atoms with E-state index in [2.05, 4.69) is 15.5 Å². The van der Waals surface area contributed by atoms with Gasteiger partial charge < -0.3 is 15.4 Å². The maximum absolute atomic E-state index is 13.3. The summed E-state index contributed by atoms with van der Waals surface area (Å²) >= 11 is 6.06. The quantitative estimate of drug-likeness (QED) is 0.835. The number of urea groups is 1. The van der Waals surface area contributed by atoms with Crippen LogP contribution in [-0.2, 0) is 4.74 Å². The maximum atomic E-state index is 13.3. The van der Waals surface area contributed by atoms with Gasteiger partial charge in [0.25, 0.3) is 0 Å². The summed E-state index contributed by atoms with van der Waals surface area (Å²) in [4.78, 5) is 14.5. The third-order valence-electron chi connectivity index (χ3n) is 4.32. The number of nitrogens with one attached hydrogen (secondary N) is 2. The second-order valence-corrected chi connectivity index (χ2v) is 6.44. The number of hydrogen-bond donors (Lipinski definition) is 2. The SMILES string of the molecule is O=C(NCC(c1ccc(F)cc1)N1CCOCC1)Nc1ccccc1Cl. The third kappa shape index (κ3) is 4.94. The van der Waals surface area contributed by atoms with Crippen LogP contribution in [0.2, 0.25) is 5.02 Å². The van der Waals surface area contributed by atoms with Crippen molar-refractivity contribution in [2.24, 2.45) is 0 Å². The van der Waals surface area contributed by atoms with Crippen LogP contribution in [0.3, 0.4) is 0 Å². The van der Waals surface area contributed by atoms with Gasteiger partial charge in [0.05, 0.1) is 30.0 Å². The molecular weight excluding hydrogens is 357 g/mol. The van der Waals surface area contributed by atoms with E-state index in [0.29, 0.717) is 30.5 Å².